The monoisotopic (exact) mass is 249 g/mol. The Morgan fingerprint density at radius 3 is 2.67 bits per heavy atom. The smallest absolute Gasteiger partial charge is 0.272 e. The highest BCUT2D eigenvalue weighted by Crippen LogP contribution is 2.45. The van der Waals surface area contributed by atoms with Gasteiger partial charge in [-0.3, -0.25) is 14.9 Å². The van der Waals surface area contributed by atoms with Crippen LogP contribution in [-0.2, 0) is 4.79 Å². The van der Waals surface area contributed by atoms with Gasteiger partial charge in [-0.2, -0.15) is 5.26 Å². The molecule has 6 nitrogen and oxygen atoms in total. The average molecular weight is 249 g/mol. The first-order valence-electron chi connectivity index (χ1n) is 5.15. The SMILES string of the molecule is N#CC1(C(=O)Nc2ccc([N+](=O)[O-])cc2F)CC1. The first-order valence-corrected chi connectivity index (χ1v) is 5.15. The largest absolute Gasteiger partial charge is 0.322 e. The summed E-state index contributed by atoms with van der Waals surface area (Å²) in [6, 6.07) is 4.80. The van der Waals surface area contributed by atoms with E-state index in [1.165, 1.54) is 0 Å². The highest BCUT2D eigenvalue weighted by Gasteiger charge is 2.50. The molecule has 18 heavy (non-hydrogen) atoms. The molecule has 1 saturated carbocycles. The topological polar surface area (TPSA) is 96.0 Å². The zero-order valence-corrected chi connectivity index (χ0v) is 9.14. The van der Waals surface area contributed by atoms with Crippen molar-refractivity contribution in [2.24, 2.45) is 5.41 Å². The molecule has 1 amide bonds. The van der Waals surface area contributed by atoms with E-state index >= 15 is 0 Å². The molecule has 0 unspecified atom stereocenters. The van der Waals surface area contributed by atoms with Crippen LogP contribution in [0.15, 0.2) is 18.2 Å². The van der Waals surface area contributed by atoms with Crippen molar-refractivity contribution in [3.05, 3.63) is 34.1 Å². The Kier molecular flexibility index (Phi) is 2.71. The number of non-ortho nitro benzene ring substituents is 1. The summed E-state index contributed by atoms with van der Waals surface area (Å²) in [5, 5.41) is 21.5. The van der Waals surface area contributed by atoms with Crippen LogP contribution in [0.1, 0.15) is 12.8 Å². The number of nitro benzene ring substituents is 1. The highest BCUT2D eigenvalue weighted by molar-refractivity contribution is 5.99. The van der Waals surface area contributed by atoms with Crippen LogP contribution in [-0.4, -0.2) is 10.8 Å². The lowest BCUT2D eigenvalue weighted by Crippen LogP contribution is -2.23. The van der Waals surface area contributed by atoms with E-state index in [-0.39, 0.29) is 5.69 Å². The summed E-state index contributed by atoms with van der Waals surface area (Å²) < 4.78 is 13.5. The molecular formula is C11H8FN3O3. The molecule has 1 aliphatic rings. The Hall–Kier alpha value is -2.49. The number of nitro groups is 1. The molecule has 0 spiro atoms. The summed E-state index contributed by atoms with van der Waals surface area (Å²) in [6.07, 6.45) is 0.897. The van der Waals surface area contributed by atoms with E-state index in [4.69, 9.17) is 5.26 Å². The molecule has 0 atom stereocenters. The van der Waals surface area contributed by atoms with E-state index in [0.717, 1.165) is 18.2 Å². The van der Waals surface area contributed by atoms with Gasteiger partial charge in [0, 0.05) is 6.07 Å². The normalized spacial score (nSPS) is 15.6. The minimum atomic E-state index is -1.06. The Labute approximate surface area is 101 Å². The molecule has 1 aliphatic carbocycles. The van der Waals surface area contributed by atoms with Crippen molar-refractivity contribution >= 4 is 17.3 Å². The Bertz CT molecular complexity index is 575. The number of hydrogen-bond donors (Lipinski definition) is 1. The molecule has 0 heterocycles. The molecule has 92 valence electrons. The van der Waals surface area contributed by atoms with Gasteiger partial charge in [-0.25, -0.2) is 4.39 Å². The lowest BCUT2D eigenvalue weighted by molar-refractivity contribution is -0.385. The quantitative estimate of drug-likeness (QED) is 0.654. The van der Waals surface area contributed by atoms with Crippen molar-refractivity contribution in [2.75, 3.05) is 5.32 Å². The number of nitrogens with one attached hydrogen (secondary N) is 1. The standard InChI is InChI=1S/C11H8FN3O3/c12-8-5-7(15(17)18)1-2-9(8)14-10(16)11(6-13)3-4-11/h1-2,5H,3-4H2,(H,14,16). The van der Waals surface area contributed by atoms with Crippen molar-refractivity contribution in [3.8, 4) is 6.07 Å². The predicted molar refractivity (Wildman–Crippen MR) is 59.0 cm³/mol. The summed E-state index contributed by atoms with van der Waals surface area (Å²) in [5.74, 6) is -1.47. The van der Waals surface area contributed by atoms with Gasteiger partial charge in [0.15, 0.2) is 5.82 Å². The van der Waals surface area contributed by atoms with E-state index < -0.39 is 27.8 Å². The van der Waals surface area contributed by atoms with Gasteiger partial charge in [0.1, 0.15) is 5.41 Å². The Morgan fingerprint density at radius 1 is 1.56 bits per heavy atom. The van der Waals surface area contributed by atoms with Crippen molar-refractivity contribution in [1.82, 2.24) is 0 Å². The van der Waals surface area contributed by atoms with Gasteiger partial charge < -0.3 is 5.32 Å². The lowest BCUT2D eigenvalue weighted by Gasteiger charge is -2.08. The van der Waals surface area contributed by atoms with E-state index in [9.17, 15) is 19.3 Å². The molecule has 7 heteroatoms. The number of halogens is 1. The third-order valence-corrected chi connectivity index (χ3v) is 2.81. The van der Waals surface area contributed by atoms with E-state index in [1.807, 2.05) is 6.07 Å². The molecule has 0 saturated heterocycles. The predicted octanol–water partition coefficient (Wildman–Crippen LogP) is 1.98. The van der Waals surface area contributed by atoms with Gasteiger partial charge in [-0.15, -0.1) is 0 Å². The molecule has 1 aromatic carbocycles. The molecule has 1 aromatic rings. The molecule has 0 aliphatic heterocycles. The number of hydrogen-bond acceptors (Lipinski definition) is 4. The number of carbonyl (C=O) groups is 1. The van der Waals surface area contributed by atoms with Crippen LogP contribution in [0.5, 0.6) is 0 Å². The van der Waals surface area contributed by atoms with Gasteiger partial charge in [-0.1, -0.05) is 0 Å². The number of anilines is 1. The van der Waals surface area contributed by atoms with Gasteiger partial charge in [0.2, 0.25) is 5.91 Å². The van der Waals surface area contributed by atoms with Crippen LogP contribution < -0.4 is 5.32 Å². The van der Waals surface area contributed by atoms with Crippen LogP contribution >= 0.6 is 0 Å². The van der Waals surface area contributed by atoms with Crippen LogP contribution in [0.4, 0.5) is 15.8 Å². The van der Waals surface area contributed by atoms with Gasteiger partial charge in [0.05, 0.1) is 22.7 Å². The average Bonchev–Trinajstić information content (AvgIpc) is 3.12. The highest BCUT2D eigenvalue weighted by atomic mass is 19.1. The molecule has 2 rings (SSSR count). The zero-order valence-electron chi connectivity index (χ0n) is 9.14. The molecular weight excluding hydrogens is 241 g/mol. The maximum atomic E-state index is 13.5. The maximum absolute atomic E-state index is 13.5. The van der Waals surface area contributed by atoms with Crippen molar-refractivity contribution in [1.29, 1.82) is 5.26 Å². The van der Waals surface area contributed by atoms with Crippen LogP contribution in [0.2, 0.25) is 0 Å². The second-order valence-corrected chi connectivity index (χ2v) is 4.07. The maximum Gasteiger partial charge on any atom is 0.272 e. The van der Waals surface area contributed by atoms with Crippen LogP contribution in [0.25, 0.3) is 0 Å². The number of benzene rings is 1. The third-order valence-electron chi connectivity index (χ3n) is 2.81. The number of amides is 1. The van der Waals surface area contributed by atoms with Crippen molar-refractivity contribution < 1.29 is 14.1 Å². The Balaban J connectivity index is 2.18. The number of nitrogens with zero attached hydrogens (tertiary/aromatic N) is 2. The van der Waals surface area contributed by atoms with Crippen LogP contribution in [0, 0.1) is 32.7 Å². The summed E-state index contributed by atoms with van der Waals surface area (Å²) in [4.78, 5) is 21.3. The summed E-state index contributed by atoms with van der Waals surface area (Å²) in [6.45, 7) is 0. The lowest BCUT2D eigenvalue weighted by atomic mass is 10.1. The zero-order chi connectivity index (χ0) is 13.3. The number of carbonyl (C=O) groups excluding carboxylic acids is 1. The second kappa shape index (κ2) is 4.07. The van der Waals surface area contributed by atoms with E-state index in [0.29, 0.717) is 12.8 Å². The first kappa shape index (κ1) is 12.0. The minimum absolute atomic E-state index is 0.160. The van der Waals surface area contributed by atoms with Crippen molar-refractivity contribution in [2.45, 2.75) is 12.8 Å². The Morgan fingerprint density at radius 2 is 2.22 bits per heavy atom. The van der Waals surface area contributed by atoms with Gasteiger partial charge in [0.25, 0.3) is 5.69 Å². The summed E-state index contributed by atoms with van der Waals surface area (Å²) in [5.41, 5.74) is -1.62. The fourth-order valence-electron chi connectivity index (χ4n) is 1.48. The molecule has 0 radical (unpaired) electrons. The fraction of sp³-hybridized carbons (Fsp3) is 0.273. The molecule has 1 fully saturated rings. The van der Waals surface area contributed by atoms with Crippen molar-refractivity contribution in [3.63, 3.8) is 0 Å². The first-order chi connectivity index (χ1) is 8.48. The number of rotatable bonds is 3. The molecule has 0 aromatic heterocycles. The van der Waals surface area contributed by atoms with Crippen LogP contribution in [0.3, 0.4) is 0 Å². The van der Waals surface area contributed by atoms with E-state index in [2.05, 4.69) is 5.32 Å². The minimum Gasteiger partial charge on any atom is -0.322 e. The number of nitriles is 1. The summed E-state index contributed by atoms with van der Waals surface area (Å²) in [7, 11) is 0. The molecule has 1 N–H and O–H groups in total. The molecule has 0 bridgehead atoms. The van der Waals surface area contributed by atoms with Gasteiger partial charge in [-0.05, 0) is 18.9 Å². The summed E-state index contributed by atoms with van der Waals surface area (Å²) >= 11 is 0. The van der Waals surface area contributed by atoms with Gasteiger partial charge >= 0.3 is 0 Å². The fourth-order valence-corrected chi connectivity index (χ4v) is 1.48. The van der Waals surface area contributed by atoms with E-state index in [1.54, 1.807) is 0 Å². The second-order valence-electron chi connectivity index (χ2n) is 4.07. The third kappa shape index (κ3) is 2.00.